The molecule has 0 spiro atoms. The molecule has 124 valence electrons. The van der Waals surface area contributed by atoms with Crippen LogP contribution in [0.5, 0.6) is 5.75 Å². The molecule has 1 aliphatic heterocycles. The van der Waals surface area contributed by atoms with E-state index < -0.39 is 0 Å². The Kier molecular flexibility index (Phi) is 4.79. The Balaban J connectivity index is 1.69. The summed E-state index contributed by atoms with van der Waals surface area (Å²) in [5.41, 5.74) is 8.02. The highest BCUT2D eigenvalue weighted by molar-refractivity contribution is 6.03. The maximum absolute atomic E-state index is 11.9. The Morgan fingerprint density at radius 1 is 1.12 bits per heavy atom. The molecular weight excluding hydrogens is 302 g/mol. The molecule has 2 aromatic rings. The largest absolute Gasteiger partial charge is 0.489 e. The molecule has 0 fully saturated rings. The van der Waals surface area contributed by atoms with Gasteiger partial charge in [-0.2, -0.15) is 4.99 Å². The van der Waals surface area contributed by atoms with Crippen LogP contribution in [0.4, 0.5) is 4.79 Å². The van der Waals surface area contributed by atoms with E-state index in [4.69, 9.17) is 10.5 Å². The van der Waals surface area contributed by atoms with Crippen LogP contribution in [-0.4, -0.2) is 23.3 Å². The van der Waals surface area contributed by atoms with Crippen molar-refractivity contribution < 1.29 is 9.53 Å². The predicted octanol–water partition coefficient (Wildman–Crippen LogP) is 3.51. The number of aliphatic imine (C=N–C) groups is 1. The molecule has 2 aromatic carbocycles. The molecule has 0 radical (unpaired) electrons. The fraction of sp³-hybridized carbons (Fsp3) is 0.263. The van der Waals surface area contributed by atoms with Gasteiger partial charge in [-0.25, -0.2) is 4.79 Å². The molecule has 0 bridgehead atoms. The van der Waals surface area contributed by atoms with Crippen LogP contribution in [0.15, 0.2) is 59.6 Å². The molecule has 0 saturated carbocycles. The number of rotatable bonds is 6. The van der Waals surface area contributed by atoms with Gasteiger partial charge in [-0.1, -0.05) is 49.4 Å². The fourth-order valence-corrected chi connectivity index (χ4v) is 2.81. The Hall–Kier alpha value is -2.82. The summed E-state index contributed by atoms with van der Waals surface area (Å²) in [7, 11) is 0. The number of nitrogens with zero attached hydrogens (tertiary/aromatic N) is 2. The van der Waals surface area contributed by atoms with Gasteiger partial charge in [0.25, 0.3) is 0 Å². The molecule has 2 N–H and O–H groups in total. The second-order valence-corrected chi connectivity index (χ2v) is 5.76. The van der Waals surface area contributed by atoms with Gasteiger partial charge in [0, 0.05) is 6.54 Å². The van der Waals surface area contributed by atoms with Crippen LogP contribution in [0, 0.1) is 0 Å². The Morgan fingerprint density at radius 3 is 2.50 bits per heavy atom. The van der Waals surface area contributed by atoms with Crippen molar-refractivity contribution >= 4 is 11.9 Å². The van der Waals surface area contributed by atoms with Crippen molar-refractivity contribution in [3.05, 3.63) is 65.7 Å². The first-order chi connectivity index (χ1) is 11.7. The summed E-state index contributed by atoms with van der Waals surface area (Å²) in [6.07, 6.45) is 0.864. The van der Waals surface area contributed by atoms with E-state index in [9.17, 15) is 4.79 Å². The SMILES string of the molecule is CCCN1C(=O)N=C(N)C1c1ccc(OCc2ccccc2)cc1. The number of hydrogen-bond acceptors (Lipinski definition) is 3. The number of amidine groups is 1. The van der Waals surface area contributed by atoms with E-state index in [-0.39, 0.29) is 12.1 Å². The lowest BCUT2D eigenvalue weighted by molar-refractivity contribution is 0.206. The Bertz CT molecular complexity index is 726. The van der Waals surface area contributed by atoms with E-state index in [1.54, 1.807) is 4.90 Å². The quantitative estimate of drug-likeness (QED) is 0.884. The monoisotopic (exact) mass is 323 g/mol. The van der Waals surface area contributed by atoms with E-state index >= 15 is 0 Å². The van der Waals surface area contributed by atoms with Crippen molar-refractivity contribution in [2.45, 2.75) is 26.0 Å². The van der Waals surface area contributed by atoms with Crippen molar-refractivity contribution in [1.82, 2.24) is 4.90 Å². The average molecular weight is 323 g/mol. The molecule has 0 saturated heterocycles. The van der Waals surface area contributed by atoms with E-state index in [0.717, 1.165) is 23.3 Å². The lowest BCUT2D eigenvalue weighted by atomic mass is 10.0. The molecule has 5 heteroatoms. The summed E-state index contributed by atoms with van der Waals surface area (Å²) in [6, 6.07) is 17.2. The zero-order chi connectivity index (χ0) is 16.9. The summed E-state index contributed by atoms with van der Waals surface area (Å²) < 4.78 is 5.79. The number of amides is 2. The molecule has 0 aromatic heterocycles. The molecule has 0 aliphatic carbocycles. The zero-order valence-corrected chi connectivity index (χ0v) is 13.7. The highest BCUT2D eigenvalue weighted by atomic mass is 16.5. The lowest BCUT2D eigenvalue weighted by Gasteiger charge is -2.24. The smallest absolute Gasteiger partial charge is 0.346 e. The third-order valence-corrected chi connectivity index (χ3v) is 3.97. The zero-order valence-electron chi connectivity index (χ0n) is 13.7. The van der Waals surface area contributed by atoms with E-state index in [1.807, 2.05) is 61.5 Å². The molecular formula is C19H21N3O2. The topological polar surface area (TPSA) is 67.9 Å². The van der Waals surface area contributed by atoms with Crippen LogP contribution in [-0.2, 0) is 6.61 Å². The number of hydrogen-bond donors (Lipinski definition) is 1. The molecule has 24 heavy (non-hydrogen) atoms. The average Bonchev–Trinajstić information content (AvgIpc) is 2.88. The van der Waals surface area contributed by atoms with Gasteiger partial charge in [-0.05, 0) is 29.7 Å². The maximum Gasteiger partial charge on any atom is 0.346 e. The fourth-order valence-electron chi connectivity index (χ4n) is 2.81. The first-order valence-electron chi connectivity index (χ1n) is 8.10. The standard InChI is InChI=1S/C19H21N3O2/c1-2-12-22-17(18(20)21-19(22)23)15-8-10-16(11-9-15)24-13-14-6-4-3-5-7-14/h3-11,17H,2,12-13H2,1H3,(H2,20,21,23). The van der Waals surface area contributed by atoms with Gasteiger partial charge in [-0.15, -0.1) is 0 Å². The van der Waals surface area contributed by atoms with Gasteiger partial charge >= 0.3 is 6.03 Å². The first-order valence-corrected chi connectivity index (χ1v) is 8.10. The van der Waals surface area contributed by atoms with Crippen LogP contribution in [0.3, 0.4) is 0 Å². The van der Waals surface area contributed by atoms with Gasteiger partial charge < -0.3 is 15.4 Å². The van der Waals surface area contributed by atoms with E-state index in [1.165, 1.54) is 0 Å². The molecule has 2 amide bonds. The van der Waals surface area contributed by atoms with Crippen molar-refractivity contribution in [2.75, 3.05) is 6.54 Å². The second kappa shape index (κ2) is 7.17. The van der Waals surface area contributed by atoms with Crippen molar-refractivity contribution in [1.29, 1.82) is 0 Å². The van der Waals surface area contributed by atoms with Crippen molar-refractivity contribution in [2.24, 2.45) is 10.7 Å². The minimum atomic E-state index is -0.277. The number of benzene rings is 2. The van der Waals surface area contributed by atoms with Gasteiger partial charge in [0.05, 0.1) is 0 Å². The van der Waals surface area contributed by atoms with Gasteiger partial charge in [0.2, 0.25) is 0 Å². The minimum Gasteiger partial charge on any atom is -0.489 e. The number of nitrogens with two attached hydrogens (primary N) is 1. The first kappa shape index (κ1) is 16.1. The maximum atomic E-state index is 11.9. The number of carbonyl (C=O) groups is 1. The molecule has 5 nitrogen and oxygen atoms in total. The lowest BCUT2D eigenvalue weighted by Crippen LogP contribution is -2.33. The molecule has 1 aliphatic rings. The van der Waals surface area contributed by atoms with E-state index in [0.29, 0.717) is 19.0 Å². The minimum absolute atomic E-state index is 0.260. The van der Waals surface area contributed by atoms with Crippen LogP contribution < -0.4 is 10.5 Å². The summed E-state index contributed by atoms with van der Waals surface area (Å²) in [6.45, 7) is 3.19. The number of urea groups is 1. The summed E-state index contributed by atoms with van der Waals surface area (Å²) in [4.78, 5) is 17.5. The van der Waals surface area contributed by atoms with Crippen molar-refractivity contribution in [3.8, 4) is 5.75 Å². The second-order valence-electron chi connectivity index (χ2n) is 5.76. The van der Waals surface area contributed by atoms with Crippen molar-refractivity contribution in [3.63, 3.8) is 0 Å². The van der Waals surface area contributed by atoms with Gasteiger partial charge in [0.15, 0.2) is 0 Å². The molecule has 1 unspecified atom stereocenters. The Morgan fingerprint density at radius 2 is 1.83 bits per heavy atom. The summed E-state index contributed by atoms with van der Waals surface area (Å²) >= 11 is 0. The number of ether oxygens (including phenoxy) is 1. The van der Waals surface area contributed by atoms with E-state index in [2.05, 4.69) is 4.99 Å². The van der Waals surface area contributed by atoms with Gasteiger partial charge in [-0.3, -0.25) is 0 Å². The van der Waals surface area contributed by atoms with Crippen LogP contribution >= 0.6 is 0 Å². The van der Waals surface area contributed by atoms with Crippen LogP contribution in [0.2, 0.25) is 0 Å². The molecule has 1 heterocycles. The highest BCUT2D eigenvalue weighted by Crippen LogP contribution is 2.28. The number of carbonyl (C=O) groups excluding carboxylic acids is 1. The van der Waals surface area contributed by atoms with Crippen LogP contribution in [0.1, 0.15) is 30.5 Å². The Labute approximate surface area is 141 Å². The highest BCUT2D eigenvalue weighted by Gasteiger charge is 2.33. The normalized spacial score (nSPS) is 17.0. The third kappa shape index (κ3) is 3.40. The molecule has 3 rings (SSSR count). The third-order valence-electron chi connectivity index (χ3n) is 3.97. The predicted molar refractivity (Wildman–Crippen MR) is 94.0 cm³/mol. The summed E-state index contributed by atoms with van der Waals surface area (Å²) in [5.74, 6) is 1.14. The molecule has 1 atom stereocenters. The summed E-state index contributed by atoms with van der Waals surface area (Å²) in [5, 5.41) is 0. The van der Waals surface area contributed by atoms with Gasteiger partial charge in [0.1, 0.15) is 24.2 Å². The van der Waals surface area contributed by atoms with Crippen LogP contribution in [0.25, 0.3) is 0 Å².